The normalized spacial score (nSPS) is 11.0. The molecule has 0 N–H and O–H groups in total. The minimum atomic E-state index is -0.373. The van der Waals surface area contributed by atoms with Crippen molar-refractivity contribution in [3.8, 4) is 5.75 Å². The van der Waals surface area contributed by atoms with Gasteiger partial charge in [0.1, 0.15) is 5.75 Å². The quantitative estimate of drug-likeness (QED) is 0.394. The van der Waals surface area contributed by atoms with Gasteiger partial charge in [-0.15, -0.1) is 0 Å². The Hall–Kier alpha value is -2.87. The summed E-state index contributed by atoms with van der Waals surface area (Å²) in [6, 6.07) is 21.6. The van der Waals surface area contributed by atoms with Gasteiger partial charge in [0.2, 0.25) is 0 Å². The van der Waals surface area contributed by atoms with E-state index < -0.39 is 0 Å². The summed E-state index contributed by atoms with van der Waals surface area (Å²) >= 11 is 0. The van der Waals surface area contributed by atoms with Crippen molar-refractivity contribution in [2.45, 2.75) is 6.92 Å². The van der Waals surface area contributed by atoms with Crippen LogP contribution < -0.4 is 4.74 Å². The van der Waals surface area contributed by atoms with E-state index in [9.17, 15) is 4.79 Å². The Labute approximate surface area is 129 Å². The number of aryl methyl sites for hydroxylation is 1. The second kappa shape index (κ2) is 6.27. The van der Waals surface area contributed by atoms with Crippen molar-refractivity contribution >= 4 is 22.8 Å². The number of ether oxygens (including phenoxy) is 1. The molecule has 22 heavy (non-hydrogen) atoms. The topological polar surface area (TPSA) is 26.3 Å². The lowest BCUT2D eigenvalue weighted by Crippen LogP contribution is -2.04. The number of para-hydroxylation sites is 1. The number of fused-ring (bicyclic) bond motifs is 1. The monoisotopic (exact) mass is 288 g/mol. The molecule has 0 amide bonds. The van der Waals surface area contributed by atoms with Crippen LogP contribution in [0, 0.1) is 6.92 Å². The zero-order valence-corrected chi connectivity index (χ0v) is 12.3. The molecular weight excluding hydrogens is 272 g/mol. The molecule has 3 aromatic carbocycles. The van der Waals surface area contributed by atoms with Crippen molar-refractivity contribution in [1.82, 2.24) is 0 Å². The Morgan fingerprint density at radius 3 is 2.50 bits per heavy atom. The van der Waals surface area contributed by atoms with Crippen LogP contribution in [-0.4, -0.2) is 5.97 Å². The molecule has 0 saturated heterocycles. The first kappa shape index (κ1) is 14.1. The lowest BCUT2D eigenvalue weighted by molar-refractivity contribution is -0.128. The predicted molar refractivity (Wildman–Crippen MR) is 89.8 cm³/mol. The predicted octanol–water partition coefficient (Wildman–Crippen LogP) is 4.77. The molecule has 0 aromatic heterocycles. The molecule has 3 rings (SSSR count). The van der Waals surface area contributed by atoms with Gasteiger partial charge in [0.25, 0.3) is 0 Å². The molecule has 3 aromatic rings. The molecule has 0 saturated carbocycles. The summed E-state index contributed by atoms with van der Waals surface area (Å²) in [6.45, 7) is 1.91. The molecule has 2 nitrogen and oxygen atoms in total. The molecule has 0 aliphatic rings. The molecule has 0 unspecified atom stereocenters. The van der Waals surface area contributed by atoms with E-state index in [1.807, 2.05) is 55.5 Å². The summed E-state index contributed by atoms with van der Waals surface area (Å²) in [5, 5.41) is 2.27. The minimum absolute atomic E-state index is 0.373. The molecule has 0 fully saturated rings. The fraction of sp³-hybridized carbons (Fsp3) is 0.0500. The maximum atomic E-state index is 12.0. The fourth-order valence-electron chi connectivity index (χ4n) is 2.37. The van der Waals surface area contributed by atoms with Gasteiger partial charge >= 0.3 is 5.97 Å². The van der Waals surface area contributed by atoms with E-state index >= 15 is 0 Å². The van der Waals surface area contributed by atoms with Gasteiger partial charge in [-0.1, -0.05) is 60.7 Å². The van der Waals surface area contributed by atoms with E-state index in [1.165, 1.54) is 6.08 Å². The molecule has 0 spiro atoms. The summed E-state index contributed by atoms with van der Waals surface area (Å²) in [5.74, 6) is 0.220. The van der Waals surface area contributed by atoms with Gasteiger partial charge in [0.05, 0.1) is 0 Å². The van der Waals surface area contributed by atoms with Gasteiger partial charge in [-0.05, 0) is 41.0 Å². The van der Waals surface area contributed by atoms with Crippen molar-refractivity contribution in [2.75, 3.05) is 0 Å². The number of carbonyl (C=O) groups is 1. The number of rotatable bonds is 3. The summed E-state index contributed by atoms with van der Waals surface area (Å²) in [6.07, 6.45) is 3.26. The lowest BCUT2D eigenvalue weighted by Gasteiger charge is -2.04. The standard InChI is InChI=1S/C20H16O2/c1-15-7-2-5-12-19(15)22-20(21)14-13-17-10-6-9-16-8-3-4-11-18(16)17/h2-14H,1H3/b14-13+. The van der Waals surface area contributed by atoms with E-state index in [0.29, 0.717) is 5.75 Å². The van der Waals surface area contributed by atoms with E-state index in [4.69, 9.17) is 4.74 Å². The Morgan fingerprint density at radius 2 is 1.64 bits per heavy atom. The molecule has 0 aliphatic carbocycles. The molecule has 0 atom stereocenters. The smallest absolute Gasteiger partial charge is 0.336 e. The molecule has 2 heteroatoms. The average molecular weight is 288 g/mol. The maximum Gasteiger partial charge on any atom is 0.336 e. The van der Waals surface area contributed by atoms with Crippen molar-refractivity contribution in [3.63, 3.8) is 0 Å². The Bertz CT molecular complexity index is 842. The van der Waals surface area contributed by atoms with E-state index in [1.54, 1.807) is 12.1 Å². The van der Waals surface area contributed by atoms with Gasteiger partial charge in [-0.25, -0.2) is 4.79 Å². The molecule has 0 bridgehead atoms. The third-order valence-corrected chi connectivity index (χ3v) is 3.53. The third-order valence-electron chi connectivity index (χ3n) is 3.53. The summed E-state index contributed by atoms with van der Waals surface area (Å²) < 4.78 is 5.35. The van der Waals surface area contributed by atoms with Crippen LogP contribution in [-0.2, 0) is 4.79 Å². The summed E-state index contributed by atoms with van der Waals surface area (Å²) in [4.78, 5) is 12.0. The van der Waals surface area contributed by atoms with Crippen LogP contribution in [0.4, 0.5) is 0 Å². The lowest BCUT2D eigenvalue weighted by atomic mass is 10.0. The number of hydrogen-bond acceptors (Lipinski definition) is 2. The Balaban J connectivity index is 1.81. The molecular formula is C20H16O2. The zero-order valence-electron chi connectivity index (χ0n) is 12.3. The average Bonchev–Trinajstić information content (AvgIpc) is 2.55. The van der Waals surface area contributed by atoms with Crippen LogP contribution in [0.2, 0.25) is 0 Å². The highest BCUT2D eigenvalue weighted by Gasteiger charge is 2.03. The summed E-state index contributed by atoms with van der Waals surface area (Å²) in [7, 11) is 0. The first-order valence-corrected chi connectivity index (χ1v) is 7.17. The number of esters is 1. The second-order valence-corrected chi connectivity index (χ2v) is 5.09. The SMILES string of the molecule is Cc1ccccc1OC(=O)/C=C/c1cccc2ccccc12. The minimum Gasteiger partial charge on any atom is -0.423 e. The van der Waals surface area contributed by atoms with Crippen LogP contribution >= 0.6 is 0 Å². The fourth-order valence-corrected chi connectivity index (χ4v) is 2.37. The van der Waals surface area contributed by atoms with Gasteiger partial charge in [0.15, 0.2) is 0 Å². The molecule has 108 valence electrons. The molecule has 0 aliphatic heterocycles. The van der Waals surface area contributed by atoms with Crippen LogP contribution in [0.15, 0.2) is 72.8 Å². The Kier molecular flexibility index (Phi) is 4.01. The van der Waals surface area contributed by atoms with Gasteiger partial charge in [0, 0.05) is 6.08 Å². The van der Waals surface area contributed by atoms with Gasteiger partial charge in [-0.2, -0.15) is 0 Å². The van der Waals surface area contributed by atoms with Gasteiger partial charge < -0.3 is 4.74 Å². The van der Waals surface area contributed by atoms with Crippen molar-refractivity contribution in [1.29, 1.82) is 0 Å². The first-order chi connectivity index (χ1) is 10.7. The third kappa shape index (κ3) is 3.07. The van der Waals surface area contributed by atoms with Crippen LogP contribution in [0.25, 0.3) is 16.8 Å². The van der Waals surface area contributed by atoms with E-state index in [2.05, 4.69) is 12.1 Å². The van der Waals surface area contributed by atoms with Crippen LogP contribution in [0.3, 0.4) is 0 Å². The van der Waals surface area contributed by atoms with Gasteiger partial charge in [-0.3, -0.25) is 0 Å². The highest BCUT2D eigenvalue weighted by molar-refractivity contribution is 5.95. The second-order valence-electron chi connectivity index (χ2n) is 5.09. The van der Waals surface area contributed by atoms with Crippen LogP contribution in [0.5, 0.6) is 5.75 Å². The molecule has 0 heterocycles. The maximum absolute atomic E-state index is 12.0. The number of benzene rings is 3. The van der Waals surface area contributed by atoms with Crippen molar-refractivity contribution in [3.05, 3.63) is 83.9 Å². The largest absolute Gasteiger partial charge is 0.423 e. The number of hydrogen-bond donors (Lipinski definition) is 0. The van der Waals surface area contributed by atoms with Crippen LogP contribution in [0.1, 0.15) is 11.1 Å². The highest BCUT2D eigenvalue weighted by atomic mass is 16.5. The summed E-state index contributed by atoms with van der Waals surface area (Å²) in [5.41, 5.74) is 1.94. The van der Waals surface area contributed by atoms with Crippen molar-refractivity contribution in [2.24, 2.45) is 0 Å². The number of carbonyl (C=O) groups excluding carboxylic acids is 1. The zero-order chi connectivity index (χ0) is 15.4. The Morgan fingerprint density at radius 1 is 0.909 bits per heavy atom. The molecule has 0 radical (unpaired) electrons. The van der Waals surface area contributed by atoms with E-state index in [-0.39, 0.29) is 5.97 Å². The van der Waals surface area contributed by atoms with E-state index in [0.717, 1.165) is 21.9 Å². The highest BCUT2D eigenvalue weighted by Crippen LogP contribution is 2.20. The van der Waals surface area contributed by atoms with Crippen molar-refractivity contribution < 1.29 is 9.53 Å². The first-order valence-electron chi connectivity index (χ1n) is 7.17.